The Bertz CT molecular complexity index is 1020. The number of hydrogen-bond acceptors (Lipinski definition) is 6. The number of ether oxygens (including phenoxy) is 1. The smallest absolute Gasteiger partial charge is 0.233 e. The summed E-state index contributed by atoms with van der Waals surface area (Å²) < 4.78 is 6.93. The van der Waals surface area contributed by atoms with Gasteiger partial charge in [-0.05, 0) is 71.5 Å². The molecular formula is C24H29N5O2S. The lowest BCUT2D eigenvalue weighted by Crippen LogP contribution is -2.34. The van der Waals surface area contributed by atoms with Gasteiger partial charge in [-0.3, -0.25) is 4.79 Å². The Morgan fingerprint density at radius 2 is 1.84 bits per heavy atom. The van der Waals surface area contributed by atoms with Crippen molar-refractivity contribution in [3.05, 3.63) is 59.7 Å². The third-order valence-electron chi connectivity index (χ3n) is 5.59. The molecule has 8 heteroatoms. The van der Waals surface area contributed by atoms with Crippen molar-refractivity contribution >= 4 is 17.7 Å². The standard InChI is InChI=1S/C24H29N5O2S/c1-3-4-5-18-6-10-21(11-7-18)29-24(25-26-27-29)32-17-23(30)28(20-12-13-20)16-19-8-14-22(31-2)15-9-19/h6-11,14-15,20H,3-5,12-13,16-17H2,1-2H3. The first-order valence-corrected chi connectivity index (χ1v) is 12.1. The number of carbonyl (C=O) groups is 1. The topological polar surface area (TPSA) is 73.1 Å². The van der Waals surface area contributed by atoms with Gasteiger partial charge in [-0.15, -0.1) is 5.10 Å². The molecule has 1 fully saturated rings. The highest BCUT2D eigenvalue weighted by molar-refractivity contribution is 7.99. The largest absolute Gasteiger partial charge is 0.497 e. The molecule has 0 N–H and O–H groups in total. The van der Waals surface area contributed by atoms with Gasteiger partial charge < -0.3 is 9.64 Å². The van der Waals surface area contributed by atoms with Gasteiger partial charge in [0.2, 0.25) is 11.1 Å². The van der Waals surface area contributed by atoms with Gasteiger partial charge in [-0.2, -0.15) is 4.68 Å². The zero-order valence-electron chi connectivity index (χ0n) is 18.6. The Morgan fingerprint density at radius 3 is 2.50 bits per heavy atom. The minimum absolute atomic E-state index is 0.109. The maximum absolute atomic E-state index is 13.0. The minimum atomic E-state index is 0.109. The van der Waals surface area contributed by atoms with Crippen LogP contribution in [0.5, 0.6) is 5.75 Å². The molecule has 0 unspecified atom stereocenters. The number of rotatable bonds is 11. The van der Waals surface area contributed by atoms with E-state index in [1.165, 1.54) is 30.2 Å². The first-order valence-electron chi connectivity index (χ1n) is 11.1. The first kappa shape index (κ1) is 22.3. The highest BCUT2D eigenvalue weighted by atomic mass is 32.2. The Morgan fingerprint density at radius 1 is 1.12 bits per heavy atom. The zero-order chi connectivity index (χ0) is 22.3. The number of carbonyl (C=O) groups excluding carboxylic acids is 1. The van der Waals surface area contributed by atoms with Crippen LogP contribution in [0.15, 0.2) is 53.7 Å². The molecule has 0 radical (unpaired) electrons. The molecule has 0 atom stereocenters. The number of thioether (sulfide) groups is 1. The van der Waals surface area contributed by atoms with Crippen molar-refractivity contribution in [3.8, 4) is 11.4 Å². The molecule has 1 amide bonds. The summed E-state index contributed by atoms with van der Waals surface area (Å²) in [5, 5.41) is 12.7. The zero-order valence-corrected chi connectivity index (χ0v) is 19.4. The third kappa shape index (κ3) is 5.68. The van der Waals surface area contributed by atoms with E-state index >= 15 is 0 Å². The molecule has 3 aromatic rings. The van der Waals surface area contributed by atoms with E-state index in [4.69, 9.17) is 4.74 Å². The van der Waals surface area contributed by atoms with Gasteiger partial charge in [0, 0.05) is 12.6 Å². The molecular weight excluding hydrogens is 422 g/mol. The molecule has 168 valence electrons. The summed E-state index contributed by atoms with van der Waals surface area (Å²) in [6.07, 6.45) is 5.57. The number of benzene rings is 2. The number of aryl methyl sites for hydroxylation is 1. The monoisotopic (exact) mass is 451 g/mol. The van der Waals surface area contributed by atoms with E-state index < -0.39 is 0 Å². The van der Waals surface area contributed by atoms with Crippen LogP contribution in [-0.4, -0.2) is 49.9 Å². The summed E-state index contributed by atoms with van der Waals surface area (Å²) in [5.74, 6) is 1.23. The Kier molecular flexibility index (Phi) is 7.42. The lowest BCUT2D eigenvalue weighted by Gasteiger charge is -2.22. The van der Waals surface area contributed by atoms with Gasteiger partial charge in [-0.25, -0.2) is 0 Å². The van der Waals surface area contributed by atoms with Crippen LogP contribution >= 0.6 is 11.8 Å². The molecule has 0 bridgehead atoms. The second-order valence-electron chi connectivity index (χ2n) is 8.03. The summed E-state index contributed by atoms with van der Waals surface area (Å²) >= 11 is 1.38. The normalized spacial score (nSPS) is 13.2. The average molecular weight is 452 g/mol. The minimum Gasteiger partial charge on any atom is -0.497 e. The molecule has 7 nitrogen and oxygen atoms in total. The number of nitrogens with zero attached hydrogens (tertiary/aromatic N) is 5. The lowest BCUT2D eigenvalue weighted by atomic mass is 10.1. The second-order valence-corrected chi connectivity index (χ2v) is 8.98. The van der Waals surface area contributed by atoms with Gasteiger partial charge in [0.25, 0.3) is 0 Å². The van der Waals surface area contributed by atoms with Crippen LogP contribution < -0.4 is 4.74 Å². The summed E-state index contributed by atoms with van der Waals surface area (Å²) in [6, 6.07) is 16.5. The van der Waals surface area contributed by atoms with Crippen LogP contribution in [0.25, 0.3) is 5.69 Å². The van der Waals surface area contributed by atoms with Crippen molar-refractivity contribution in [2.45, 2.75) is 56.8 Å². The van der Waals surface area contributed by atoms with Crippen molar-refractivity contribution in [1.82, 2.24) is 25.1 Å². The van der Waals surface area contributed by atoms with Gasteiger partial charge in [0.05, 0.1) is 18.6 Å². The van der Waals surface area contributed by atoms with Crippen LogP contribution in [0.1, 0.15) is 43.7 Å². The maximum Gasteiger partial charge on any atom is 0.233 e. The molecule has 1 heterocycles. The van der Waals surface area contributed by atoms with Crippen LogP contribution in [0.2, 0.25) is 0 Å². The molecule has 0 aliphatic heterocycles. The number of tetrazole rings is 1. The fourth-order valence-corrected chi connectivity index (χ4v) is 4.34. The summed E-state index contributed by atoms with van der Waals surface area (Å²) in [5.41, 5.74) is 3.32. The fourth-order valence-electron chi connectivity index (χ4n) is 3.56. The highest BCUT2D eigenvalue weighted by Crippen LogP contribution is 2.30. The van der Waals surface area contributed by atoms with E-state index in [0.29, 0.717) is 23.5 Å². The number of amides is 1. The van der Waals surface area contributed by atoms with E-state index in [-0.39, 0.29) is 5.91 Å². The van der Waals surface area contributed by atoms with Gasteiger partial charge in [0.15, 0.2) is 0 Å². The number of aromatic nitrogens is 4. The second kappa shape index (κ2) is 10.6. The van der Waals surface area contributed by atoms with Gasteiger partial charge in [-0.1, -0.05) is 49.4 Å². The molecule has 0 saturated heterocycles. The van der Waals surface area contributed by atoms with E-state index in [2.05, 4.69) is 34.6 Å². The van der Waals surface area contributed by atoms with E-state index in [1.807, 2.05) is 41.3 Å². The predicted octanol–water partition coefficient (Wildman–Crippen LogP) is 4.30. The fraction of sp³-hybridized carbons (Fsp3) is 0.417. The van der Waals surface area contributed by atoms with Gasteiger partial charge in [0.1, 0.15) is 5.75 Å². The van der Waals surface area contributed by atoms with E-state index in [0.717, 1.165) is 36.3 Å². The SMILES string of the molecule is CCCCc1ccc(-n2nnnc2SCC(=O)N(Cc2ccc(OC)cc2)C2CC2)cc1. The summed E-state index contributed by atoms with van der Waals surface area (Å²) in [4.78, 5) is 15.0. The Hall–Kier alpha value is -2.87. The maximum atomic E-state index is 13.0. The molecule has 1 aliphatic rings. The van der Waals surface area contributed by atoms with Crippen LogP contribution in [0, 0.1) is 0 Å². The molecule has 1 aromatic heterocycles. The Balaban J connectivity index is 1.38. The number of unbranched alkanes of at least 4 members (excludes halogenated alkanes) is 1. The quantitative estimate of drug-likeness (QED) is 0.405. The molecule has 4 rings (SSSR count). The Labute approximate surface area is 193 Å². The van der Waals surface area contributed by atoms with Crippen molar-refractivity contribution in [2.75, 3.05) is 12.9 Å². The van der Waals surface area contributed by atoms with Crippen LogP contribution in [0.3, 0.4) is 0 Å². The number of hydrogen-bond donors (Lipinski definition) is 0. The van der Waals surface area contributed by atoms with Crippen LogP contribution in [-0.2, 0) is 17.8 Å². The van der Waals surface area contributed by atoms with Crippen molar-refractivity contribution in [1.29, 1.82) is 0 Å². The average Bonchev–Trinajstić information content (AvgIpc) is 3.57. The number of methoxy groups -OCH3 is 1. The predicted molar refractivity (Wildman–Crippen MR) is 125 cm³/mol. The van der Waals surface area contributed by atoms with E-state index in [1.54, 1.807) is 11.8 Å². The van der Waals surface area contributed by atoms with E-state index in [9.17, 15) is 4.79 Å². The summed E-state index contributed by atoms with van der Waals surface area (Å²) in [7, 11) is 1.65. The molecule has 1 aliphatic carbocycles. The third-order valence-corrected chi connectivity index (χ3v) is 6.49. The van der Waals surface area contributed by atoms with Crippen molar-refractivity contribution < 1.29 is 9.53 Å². The first-order chi connectivity index (χ1) is 15.7. The molecule has 0 spiro atoms. The summed E-state index contributed by atoms with van der Waals surface area (Å²) in [6.45, 7) is 2.81. The van der Waals surface area contributed by atoms with Crippen molar-refractivity contribution in [3.63, 3.8) is 0 Å². The van der Waals surface area contributed by atoms with Crippen molar-refractivity contribution in [2.24, 2.45) is 0 Å². The van der Waals surface area contributed by atoms with Crippen LogP contribution in [0.4, 0.5) is 0 Å². The highest BCUT2D eigenvalue weighted by Gasteiger charge is 2.32. The lowest BCUT2D eigenvalue weighted by molar-refractivity contribution is -0.129. The van der Waals surface area contributed by atoms with Gasteiger partial charge >= 0.3 is 0 Å². The molecule has 32 heavy (non-hydrogen) atoms. The molecule has 1 saturated carbocycles. The molecule has 2 aromatic carbocycles.